The van der Waals surface area contributed by atoms with E-state index in [1.54, 1.807) is 0 Å². The average molecular weight is 290 g/mol. The fraction of sp³-hybridized carbons (Fsp3) is 0.700. The third kappa shape index (κ3) is 7.66. The molecule has 0 heterocycles. The normalized spacial score (nSPS) is 12.5. The van der Waals surface area contributed by atoms with Gasteiger partial charge in [-0.2, -0.15) is 0 Å². The van der Waals surface area contributed by atoms with Crippen LogP contribution in [0, 0.1) is 6.92 Å². The van der Waals surface area contributed by atoms with Gasteiger partial charge in [-0.3, -0.25) is 0 Å². The van der Waals surface area contributed by atoms with Crippen molar-refractivity contribution in [2.24, 2.45) is 0 Å². The van der Waals surface area contributed by atoms with Gasteiger partial charge in [-0.15, -0.1) is 0 Å². The van der Waals surface area contributed by atoms with Gasteiger partial charge in [-0.05, 0) is 31.5 Å². The van der Waals surface area contributed by atoms with Crippen LogP contribution in [0.15, 0.2) is 24.3 Å². The van der Waals surface area contributed by atoms with Crippen LogP contribution in [-0.2, 0) is 0 Å². The summed E-state index contributed by atoms with van der Waals surface area (Å²) in [6.45, 7) is 4.50. The van der Waals surface area contributed by atoms with Crippen LogP contribution in [0.4, 0.5) is 0 Å². The zero-order valence-corrected chi connectivity index (χ0v) is 14.5. The summed E-state index contributed by atoms with van der Waals surface area (Å²) in [5.41, 5.74) is 2.88. The second-order valence-electron chi connectivity index (χ2n) is 6.31. The lowest BCUT2D eigenvalue weighted by Gasteiger charge is -2.18. The predicted molar refractivity (Wildman–Crippen MR) is 94.8 cm³/mol. The molecule has 120 valence electrons. The van der Waals surface area contributed by atoms with E-state index < -0.39 is 0 Å². The molecule has 1 nitrogen and oxygen atoms in total. The number of benzene rings is 1. The highest BCUT2D eigenvalue weighted by Gasteiger charge is 2.10. The summed E-state index contributed by atoms with van der Waals surface area (Å²) in [7, 11) is 2.09. The summed E-state index contributed by atoms with van der Waals surface area (Å²) < 4.78 is 0. The van der Waals surface area contributed by atoms with Crippen molar-refractivity contribution in [1.29, 1.82) is 0 Å². The molecule has 0 bridgehead atoms. The van der Waals surface area contributed by atoms with E-state index in [0.717, 1.165) is 0 Å². The number of hydrogen-bond donors (Lipinski definition) is 1. The predicted octanol–water partition coefficient (Wildman–Crippen LogP) is 6.18. The van der Waals surface area contributed by atoms with Crippen molar-refractivity contribution in [1.82, 2.24) is 5.32 Å². The number of aryl methyl sites for hydroxylation is 1. The molecule has 0 spiro atoms. The van der Waals surface area contributed by atoms with Gasteiger partial charge in [0.2, 0.25) is 0 Å². The summed E-state index contributed by atoms with van der Waals surface area (Å²) in [4.78, 5) is 0. The topological polar surface area (TPSA) is 12.0 Å². The Morgan fingerprint density at radius 2 is 1.43 bits per heavy atom. The van der Waals surface area contributed by atoms with E-state index in [9.17, 15) is 0 Å². The van der Waals surface area contributed by atoms with Gasteiger partial charge in [0.1, 0.15) is 0 Å². The Bertz CT molecular complexity index is 359. The molecule has 0 saturated carbocycles. The molecule has 1 N–H and O–H groups in total. The Hall–Kier alpha value is -0.820. The molecule has 0 aromatic heterocycles. The van der Waals surface area contributed by atoms with Crippen molar-refractivity contribution >= 4 is 0 Å². The lowest BCUT2D eigenvalue weighted by atomic mass is 9.96. The molecule has 1 atom stereocenters. The highest BCUT2D eigenvalue weighted by molar-refractivity contribution is 5.28. The minimum atomic E-state index is 0.524. The van der Waals surface area contributed by atoms with E-state index in [0.29, 0.717) is 6.04 Å². The Morgan fingerprint density at radius 1 is 0.857 bits per heavy atom. The molecule has 0 amide bonds. The van der Waals surface area contributed by atoms with Crippen LogP contribution in [0.2, 0.25) is 0 Å². The highest BCUT2D eigenvalue weighted by atomic mass is 14.9. The minimum Gasteiger partial charge on any atom is -0.313 e. The van der Waals surface area contributed by atoms with Crippen LogP contribution in [0.1, 0.15) is 88.3 Å². The molecule has 1 rings (SSSR count). The third-order valence-corrected chi connectivity index (χ3v) is 4.51. The number of nitrogens with one attached hydrogen (secondary N) is 1. The molecule has 1 unspecified atom stereocenters. The summed E-state index contributed by atoms with van der Waals surface area (Å²) >= 11 is 0. The second-order valence-corrected chi connectivity index (χ2v) is 6.31. The van der Waals surface area contributed by atoms with E-state index >= 15 is 0 Å². The minimum absolute atomic E-state index is 0.524. The second kappa shape index (κ2) is 11.8. The highest BCUT2D eigenvalue weighted by Crippen LogP contribution is 2.23. The Morgan fingerprint density at radius 3 is 2.00 bits per heavy atom. The van der Waals surface area contributed by atoms with Gasteiger partial charge >= 0.3 is 0 Å². The Kier molecular flexibility index (Phi) is 10.2. The third-order valence-electron chi connectivity index (χ3n) is 4.51. The van der Waals surface area contributed by atoms with Crippen LogP contribution < -0.4 is 5.32 Å². The zero-order valence-electron chi connectivity index (χ0n) is 14.5. The van der Waals surface area contributed by atoms with Crippen LogP contribution in [-0.4, -0.2) is 7.05 Å². The molecular weight excluding hydrogens is 254 g/mol. The first kappa shape index (κ1) is 18.2. The van der Waals surface area contributed by atoms with Crippen molar-refractivity contribution in [2.45, 2.75) is 84.1 Å². The molecule has 0 saturated heterocycles. The van der Waals surface area contributed by atoms with E-state index in [2.05, 4.69) is 50.5 Å². The van der Waals surface area contributed by atoms with Gasteiger partial charge in [0.25, 0.3) is 0 Å². The van der Waals surface area contributed by atoms with Gasteiger partial charge in [0.15, 0.2) is 0 Å². The first-order valence-electron chi connectivity index (χ1n) is 9.02. The molecule has 0 aliphatic rings. The van der Waals surface area contributed by atoms with E-state index in [4.69, 9.17) is 0 Å². The first-order chi connectivity index (χ1) is 10.3. The maximum atomic E-state index is 3.48. The van der Waals surface area contributed by atoms with Crippen LogP contribution in [0.3, 0.4) is 0 Å². The molecule has 1 aromatic rings. The molecule has 0 fully saturated rings. The lowest BCUT2D eigenvalue weighted by Crippen LogP contribution is -2.17. The van der Waals surface area contributed by atoms with Crippen LogP contribution >= 0.6 is 0 Å². The summed E-state index contributed by atoms with van der Waals surface area (Å²) in [6, 6.07) is 9.29. The van der Waals surface area contributed by atoms with Crippen molar-refractivity contribution in [2.75, 3.05) is 7.05 Å². The Labute approximate surface area is 132 Å². The SMILES string of the molecule is CCCCCCCCCCCC(NC)c1ccccc1C. The van der Waals surface area contributed by atoms with E-state index in [1.165, 1.54) is 75.3 Å². The maximum absolute atomic E-state index is 3.48. The summed E-state index contributed by atoms with van der Waals surface area (Å²) in [5.74, 6) is 0. The monoisotopic (exact) mass is 289 g/mol. The molecule has 0 radical (unpaired) electrons. The van der Waals surface area contributed by atoms with Gasteiger partial charge < -0.3 is 5.32 Å². The van der Waals surface area contributed by atoms with Crippen molar-refractivity contribution < 1.29 is 0 Å². The van der Waals surface area contributed by atoms with Crippen molar-refractivity contribution in [3.8, 4) is 0 Å². The van der Waals surface area contributed by atoms with E-state index in [-0.39, 0.29) is 0 Å². The molecule has 1 aromatic carbocycles. The van der Waals surface area contributed by atoms with Gasteiger partial charge in [-0.25, -0.2) is 0 Å². The number of rotatable bonds is 12. The largest absolute Gasteiger partial charge is 0.313 e. The molecule has 1 heteroatoms. The van der Waals surface area contributed by atoms with Gasteiger partial charge in [0, 0.05) is 6.04 Å². The summed E-state index contributed by atoms with van der Waals surface area (Å²) in [5, 5.41) is 3.48. The molecular formula is C20H35N. The van der Waals surface area contributed by atoms with E-state index in [1.807, 2.05) is 0 Å². The standard InChI is InChI=1S/C20H35N/c1-4-5-6-7-8-9-10-11-12-17-20(21-3)19-16-14-13-15-18(19)2/h13-16,20-21H,4-12,17H2,1-3H3. The smallest absolute Gasteiger partial charge is 0.0320 e. The van der Waals surface area contributed by atoms with Gasteiger partial charge in [-0.1, -0.05) is 89.0 Å². The zero-order chi connectivity index (χ0) is 15.3. The fourth-order valence-electron chi connectivity index (χ4n) is 3.09. The van der Waals surface area contributed by atoms with Crippen molar-refractivity contribution in [3.63, 3.8) is 0 Å². The van der Waals surface area contributed by atoms with Gasteiger partial charge in [0.05, 0.1) is 0 Å². The molecule has 0 aliphatic heterocycles. The number of hydrogen-bond acceptors (Lipinski definition) is 1. The fourth-order valence-corrected chi connectivity index (χ4v) is 3.09. The molecule has 0 aliphatic carbocycles. The Balaban J connectivity index is 2.12. The van der Waals surface area contributed by atoms with Crippen molar-refractivity contribution in [3.05, 3.63) is 35.4 Å². The van der Waals surface area contributed by atoms with Crippen LogP contribution in [0.25, 0.3) is 0 Å². The lowest BCUT2D eigenvalue weighted by molar-refractivity contribution is 0.492. The number of unbranched alkanes of at least 4 members (excludes halogenated alkanes) is 8. The quantitative estimate of drug-likeness (QED) is 0.453. The summed E-state index contributed by atoms with van der Waals surface area (Å²) in [6.07, 6.45) is 13.9. The average Bonchev–Trinajstić information content (AvgIpc) is 2.50. The first-order valence-corrected chi connectivity index (χ1v) is 9.02. The maximum Gasteiger partial charge on any atom is 0.0320 e. The van der Waals surface area contributed by atoms with Crippen LogP contribution in [0.5, 0.6) is 0 Å². The molecule has 21 heavy (non-hydrogen) atoms.